The van der Waals surface area contributed by atoms with Crippen molar-refractivity contribution in [3.05, 3.63) is 12.7 Å². The molecule has 17 heavy (non-hydrogen) atoms. The zero-order valence-corrected chi connectivity index (χ0v) is 8.71. The van der Waals surface area contributed by atoms with Crippen molar-refractivity contribution in [1.29, 1.82) is 0 Å². The Morgan fingerprint density at radius 3 is 1.88 bits per heavy atom. The number of esters is 3. The first kappa shape index (κ1) is 14.6. The Morgan fingerprint density at radius 2 is 1.41 bits per heavy atom. The Morgan fingerprint density at radius 1 is 0.941 bits per heavy atom. The van der Waals surface area contributed by atoms with Gasteiger partial charge in [-0.2, -0.15) is 0 Å². The lowest BCUT2D eigenvalue weighted by molar-refractivity contribution is -0.166. The molecule has 0 amide bonds. The van der Waals surface area contributed by atoms with Gasteiger partial charge in [0.25, 0.3) is 0 Å². The minimum atomic E-state index is -1.33. The van der Waals surface area contributed by atoms with Crippen LogP contribution in [0.25, 0.3) is 0 Å². The van der Waals surface area contributed by atoms with Crippen molar-refractivity contribution in [1.82, 2.24) is 0 Å². The molecule has 0 unspecified atom stereocenters. The molecular formula is C9H10O8. The number of carboxylic acids is 1. The van der Waals surface area contributed by atoms with Crippen molar-refractivity contribution < 1.29 is 38.5 Å². The summed E-state index contributed by atoms with van der Waals surface area (Å²) in [6.07, 6.45) is 0.856. The fraction of sp³-hybridized carbons (Fsp3) is 0.333. The number of ether oxygens (including phenoxy) is 3. The molecule has 0 fully saturated rings. The summed E-state index contributed by atoms with van der Waals surface area (Å²) in [5.74, 6) is -4.12. The molecule has 0 aliphatic carbocycles. The van der Waals surface area contributed by atoms with Crippen LogP contribution in [0.2, 0.25) is 0 Å². The van der Waals surface area contributed by atoms with Gasteiger partial charge in [-0.1, -0.05) is 6.58 Å². The third kappa shape index (κ3) is 8.60. The first-order valence-electron chi connectivity index (χ1n) is 4.28. The van der Waals surface area contributed by atoms with Crippen molar-refractivity contribution in [2.75, 3.05) is 19.8 Å². The van der Waals surface area contributed by atoms with Gasteiger partial charge in [0.15, 0.2) is 19.8 Å². The third-order valence-electron chi connectivity index (χ3n) is 1.21. The average molecular weight is 246 g/mol. The van der Waals surface area contributed by atoms with Crippen molar-refractivity contribution in [3.8, 4) is 0 Å². The van der Waals surface area contributed by atoms with Gasteiger partial charge in [-0.15, -0.1) is 0 Å². The van der Waals surface area contributed by atoms with Gasteiger partial charge >= 0.3 is 23.9 Å². The van der Waals surface area contributed by atoms with Crippen LogP contribution in [0.3, 0.4) is 0 Å². The summed E-state index contributed by atoms with van der Waals surface area (Å²) in [4.78, 5) is 42.1. The topological polar surface area (TPSA) is 116 Å². The lowest BCUT2D eigenvalue weighted by Gasteiger charge is -2.04. The maximum atomic E-state index is 10.8. The Balaban J connectivity index is 3.69. The van der Waals surface area contributed by atoms with Crippen molar-refractivity contribution in [3.63, 3.8) is 0 Å². The quantitative estimate of drug-likeness (QED) is 0.341. The summed E-state index contributed by atoms with van der Waals surface area (Å²) in [6.45, 7) is 0.858. The highest BCUT2D eigenvalue weighted by Gasteiger charge is 2.11. The van der Waals surface area contributed by atoms with Gasteiger partial charge in [0.1, 0.15) is 0 Å². The van der Waals surface area contributed by atoms with Crippen LogP contribution >= 0.6 is 0 Å². The molecule has 0 radical (unpaired) electrons. The Hall–Kier alpha value is -2.38. The molecule has 0 aromatic rings. The molecular weight excluding hydrogens is 236 g/mol. The van der Waals surface area contributed by atoms with E-state index in [1.807, 2.05) is 0 Å². The van der Waals surface area contributed by atoms with Gasteiger partial charge < -0.3 is 19.3 Å². The van der Waals surface area contributed by atoms with Gasteiger partial charge in [0, 0.05) is 6.08 Å². The van der Waals surface area contributed by atoms with E-state index < -0.39 is 43.7 Å². The van der Waals surface area contributed by atoms with E-state index in [1.165, 1.54) is 0 Å². The monoisotopic (exact) mass is 246 g/mol. The highest BCUT2D eigenvalue weighted by molar-refractivity contribution is 5.84. The summed E-state index contributed by atoms with van der Waals surface area (Å²) in [6, 6.07) is 0. The highest BCUT2D eigenvalue weighted by Crippen LogP contribution is 1.86. The maximum Gasteiger partial charge on any atom is 0.344 e. The predicted octanol–water partition coefficient (Wildman–Crippen LogP) is -1.11. The molecule has 0 aromatic heterocycles. The minimum absolute atomic E-state index is 0.670. The van der Waals surface area contributed by atoms with Crippen LogP contribution in [0.15, 0.2) is 12.7 Å². The lowest BCUT2D eigenvalue weighted by atomic mass is 10.6. The smallest absolute Gasteiger partial charge is 0.344 e. The van der Waals surface area contributed by atoms with E-state index in [1.54, 1.807) is 0 Å². The summed E-state index contributed by atoms with van der Waals surface area (Å²) in [5.41, 5.74) is 0. The fourth-order valence-electron chi connectivity index (χ4n) is 0.554. The van der Waals surface area contributed by atoms with Gasteiger partial charge in [0.2, 0.25) is 0 Å². The maximum absolute atomic E-state index is 10.8. The molecule has 0 spiro atoms. The van der Waals surface area contributed by atoms with Crippen LogP contribution in [0, 0.1) is 0 Å². The molecule has 8 nitrogen and oxygen atoms in total. The number of hydrogen-bond donors (Lipinski definition) is 1. The van der Waals surface area contributed by atoms with Crippen molar-refractivity contribution >= 4 is 23.9 Å². The molecule has 0 saturated heterocycles. The van der Waals surface area contributed by atoms with E-state index in [2.05, 4.69) is 20.8 Å². The largest absolute Gasteiger partial charge is 0.479 e. The second kappa shape index (κ2) is 7.85. The average Bonchev–Trinajstić information content (AvgIpc) is 2.30. The van der Waals surface area contributed by atoms with Gasteiger partial charge in [-0.3, -0.25) is 0 Å². The summed E-state index contributed by atoms with van der Waals surface area (Å²) < 4.78 is 12.8. The van der Waals surface area contributed by atoms with Crippen molar-refractivity contribution in [2.45, 2.75) is 0 Å². The van der Waals surface area contributed by atoms with Crippen molar-refractivity contribution in [2.24, 2.45) is 0 Å². The molecule has 8 heteroatoms. The van der Waals surface area contributed by atoms with Crippen LogP contribution in [0.4, 0.5) is 0 Å². The molecule has 94 valence electrons. The standard InChI is InChI=1S/C9H10O8/c1-2-7(12)16-4-9(14)17-5-8(13)15-3-6(10)11/h2H,1,3-5H2,(H,10,11). The highest BCUT2D eigenvalue weighted by atomic mass is 16.6. The number of carbonyl (C=O) groups excluding carboxylic acids is 3. The summed E-state index contributed by atoms with van der Waals surface area (Å²) >= 11 is 0. The lowest BCUT2D eigenvalue weighted by Crippen LogP contribution is -2.22. The zero-order valence-electron chi connectivity index (χ0n) is 8.71. The van der Waals surface area contributed by atoms with E-state index in [-0.39, 0.29) is 0 Å². The van der Waals surface area contributed by atoms with Crippen LogP contribution in [0.1, 0.15) is 0 Å². The number of carbonyl (C=O) groups is 4. The van der Waals surface area contributed by atoms with Crippen LogP contribution in [-0.2, 0) is 33.4 Å². The molecule has 0 heterocycles. The summed E-state index contributed by atoms with van der Waals surface area (Å²) in [7, 11) is 0. The summed E-state index contributed by atoms with van der Waals surface area (Å²) in [5, 5.41) is 8.16. The van der Waals surface area contributed by atoms with Crippen LogP contribution in [0.5, 0.6) is 0 Å². The molecule has 0 aromatic carbocycles. The SMILES string of the molecule is C=CC(=O)OCC(=O)OCC(=O)OCC(=O)O. The fourth-order valence-corrected chi connectivity index (χ4v) is 0.554. The Labute approximate surface area is 95.8 Å². The predicted molar refractivity (Wildman–Crippen MR) is 50.7 cm³/mol. The second-order valence-corrected chi connectivity index (χ2v) is 2.53. The molecule has 0 saturated carbocycles. The number of aliphatic carboxylic acids is 1. The normalized spacial score (nSPS) is 8.94. The van der Waals surface area contributed by atoms with E-state index >= 15 is 0 Å². The number of hydrogen-bond acceptors (Lipinski definition) is 7. The molecule has 0 aliphatic heterocycles. The molecule has 0 aliphatic rings. The molecule has 0 bridgehead atoms. The van der Waals surface area contributed by atoms with Gasteiger partial charge in [-0.05, 0) is 0 Å². The van der Waals surface area contributed by atoms with Crippen LogP contribution < -0.4 is 0 Å². The Bertz CT molecular complexity index is 332. The molecule has 0 atom stereocenters. The third-order valence-corrected chi connectivity index (χ3v) is 1.21. The first-order valence-corrected chi connectivity index (χ1v) is 4.28. The minimum Gasteiger partial charge on any atom is -0.479 e. The van der Waals surface area contributed by atoms with Gasteiger partial charge in [0.05, 0.1) is 0 Å². The zero-order chi connectivity index (χ0) is 13.3. The Kier molecular flexibility index (Phi) is 6.75. The van der Waals surface area contributed by atoms with E-state index in [9.17, 15) is 19.2 Å². The number of carboxylic acid groups (broad SMARTS) is 1. The second-order valence-electron chi connectivity index (χ2n) is 2.53. The van der Waals surface area contributed by atoms with E-state index in [4.69, 9.17) is 5.11 Å². The van der Waals surface area contributed by atoms with E-state index in [0.29, 0.717) is 0 Å². The van der Waals surface area contributed by atoms with Crippen LogP contribution in [-0.4, -0.2) is 48.8 Å². The van der Waals surface area contributed by atoms with Gasteiger partial charge in [-0.25, -0.2) is 19.2 Å². The molecule has 1 N–H and O–H groups in total. The van der Waals surface area contributed by atoms with E-state index in [0.717, 1.165) is 6.08 Å². The number of rotatable bonds is 7. The molecule has 0 rings (SSSR count). The first-order chi connectivity index (χ1) is 7.95.